The van der Waals surface area contributed by atoms with E-state index in [4.69, 9.17) is 18.6 Å². The molecule has 20 heteroatoms. The molecular weight excluding hydrogens is 874 g/mol. The van der Waals surface area contributed by atoms with Gasteiger partial charge in [0.2, 0.25) is 27.4 Å². The van der Waals surface area contributed by atoms with E-state index < -0.39 is 86.1 Å². The molecule has 2 aromatic heterocycles. The third-order valence-electron chi connectivity index (χ3n) is 13.1. The minimum atomic E-state index is -4.57. The summed E-state index contributed by atoms with van der Waals surface area (Å²) < 4.78 is 92.0. The van der Waals surface area contributed by atoms with E-state index in [9.17, 15) is 40.8 Å². The molecule has 16 nitrogen and oxygen atoms in total. The molecule has 0 bridgehead atoms. The molecule has 2 saturated carbocycles. The first-order valence-electron chi connectivity index (χ1n) is 22.0. The number of sulfonamides is 1. The molecule has 65 heavy (non-hydrogen) atoms. The molecule has 9 rings (SSSR count). The molecule has 2 aromatic carbocycles. The van der Waals surface area contributed by atoms with Gasteiger partial charge in [-0.1, -0.05) is 49.3 Å². The van der Waals surface area contributed by atoms with E-state index in [1.54, 1.807) is 31.2 Å². The SMILES string of the molecule is CC1(S(=O)(=O)NC(=O)[C@@]23C[C@H]2/C=C\CCCCC[C@H](NC(=O)OC2CCOCC2)C(=O)N2C[C@H](Oc4nc(-c5ccc(C(F)(F)F)cc5)nc5c4oc4ccccc45)C[C@H]2C(=O)N3)CC1. The largest absolute Gasteiger partial charge is 0.470 e. The summed E-state index contributed by atoms with van der Waals surface area (Å²) in [5.41, 5.74) is -1.39. The lowest BCUT2D eigenvalue weighted by Gasteiger charge is -2.30. The molecule has 5 aliphatic rings. The molecule has 0 radical (unpaired) electrons. The van der Waals surface area contributed by atoms with Gasteiger partial charge in [-0.25, -0.2) is 18.2 Å². The van der Waals surface area contributed by atoms with Crippen LogP contribution in [0.1, 0.15) is 83.1 Å². The predicted molar refractivity (Wildman–Crippen MR) is 227 cm³/mol. The van der Waals surface area contributed by atoms with Crippen molar-refractivity contribution < 1.29 is 59.4 Å². The number of hydrogen-bond donors (Lipinski definition) is 3. The minimum absolute atomic E-state index is 0.0255. The molecule has 5 atom stereocenters. The highest BCUT2D eigenvalue weighted by atomic mass is 32.2. The lowest BCUT2D eigenvalue weighted by Crippen LogP contribution is -2.58. The number of hydrogen-bond acceptors (Lipinski definition) is 12. The van der Waals surface area contributed by atoms with Gasteiger partial charge in [-0.2, -0.15) is 18.2 Å². The van der Waals surface area contributed by atoms with Gasteiger partial charge in [0.25, 0.3) is 11.8 Å². The number of rotatable bonds is 8. The summed E-state index contributed by atoms with van der Waals surface area (Å²) in [6, 6.07) is 8.89. The molecule has 4 amide bonds. The van der Waals surface area contributed by atoms with E-state index in [0.717, 1.165) is 18.6 Å². The molecule has 3 aliphatic heterocycles. The van der Waals surface area contributed by atoms with E-state index in [1.165, 1.54) is 17.0 Å². The Kier molecular flexibility index (Phi) is 11.8. The Bertz CT molecular complexity index is 2650. The monoisotopic (exact) mass is 922 g/mol. The maximum atomic E-state index is 14.8. The molecular formula is C45H49F3N6O10S. The second-order valence-corrected chi connectivity index (χ2v) is 20.0. The van der Waals surface area contributed by atoms with Crippen LogP contribution in [0.2, 0.25) is 0 Å². The minimum Gasteiger partial charge on any atom is -0.470 e. The maximum absolute atomic E-state index is 14.8. The zero-order valence-electron chi connectivity index (χ0n) is 35.5. The lowest BCUT2D eigenvalue weighted by atomic mass is 10.0. The highest BCUT2D eigenvalue weighted by Gasteiger charge is 2.63. The Hall–Kier alpha value is -5.76. The number of aromatic nitrogens is 2. The number of nitrogens with zero attached hydrogens (tertiary/aromatic N) is 3. The standard InChI is InChI=1S/C45H49F3N6O10S/c1-43(19-20-43)65(59,60)53-41(57)44-24-28(44)9-5-3-2-4-6-11-32(49-42(58)63-29-17-21-61-22-18-29)40(56)54-25-30(23-33(54)38(55)52-44)62-39-36-35(31-10-7-8-12-34(31)64-36)50-37(51-39)26-13-15-27(16-14-26)45(46,47)48/h5,7-10,12-16,28-30,32-33H,2-4,6,11,17-25H2,1H3,(H,49,58)(H,52,55)(H,53,57)/b9-5-/t28-,30-,32+,33+,44-/m1/s1. The fourth-order valence-corrected chi connectivity index (χ4v) is 10.1. The number of para-hydroxylation sites is 1. The summed E-state index contributed by atoms with van der Waals surface area (Å²) in [4.78, 5) is 67.4. The third-order valence-corrected chi connectivity index (χ3v) is 15.3. The molecule has 0 spiro atoms. The van der Waals surface area contributed by atoms with Crippen LogP contribution in [0.15, 0.2) is 65.1 Å². The molecule has 2 aliphatic carbocycles. The van der Waals surface area contributed by atoms with Gasteiger partial charge in [0.05, 0.1) is 30.1 Å². The second-order valence-electron chi connectivity index (χ2n) is 17.8. The topological polar surface area (TPSA) is 208 Å². The van der Waals surface area contributed by atoms with Crippen molar-refractivity contribution in [1.82, 2.24) is 30.2 Å². The fraction of sp³-hybridized carbons (Fsp3) is 0.511. The number of allylic oxidation sites excluding steroid dienone is 1. The molecule has 0 unspecified atom stereocenters. The van der Waals surface area contributed by atoms with E-state index in [0.29, 0.717) is 74.6 Å². The van der Waals surface area contributed by atoms with E-state index >= 15 is 0 Å². The molecule has 3 N–H and O–H groups in total. The molecule has 4 fully saturated rings. The number of carbonyl (C=O) groups excluding carboxylic acids is 4. The number of carbonyl (C=O) groups is 4. The number of fused-ring (bicyclic) bond motifs is 5. The van der Waals surface area contributed by atoms with Crippen molar-refractivity contribution in [2.75, 3.05) is 19.8 Å². The second kappa shape index (κ2) is 17.2. The summed E-state index contributed by atoms with van der Waals surface area (Å²) in [5.74, 6) is -2.83. The van der Waals surface area contributed by atoms with Gasteiger partial charge in [-0.05, 0) is 69.7 Å². The number of nitrogens with one attached hydrogen (secondary N) is 3. The quantitative estimate of drug-likeness (QED) is 0.172. The van der Waals surface area contributed by atoms with Crippen LogP contribution in [0.4, 0.5) is 18.0 Å². The highest BCUT2D eigenvalue weighted by Crippen LogP contribution is 2.48. The fourth-order valence-electron chi connectivity index (χ4n) is 8.81. The average molecular weight is 923 g/mol. The van der Waals surface area contributed by atoms with Crippen LogP contribution in [0.3, 0.4) is 0 Å². The van der Waals surface area contributed by atoms with Gasteiger partial charge < -0.3 is 34.2 Å². The van der Waals surface area contributed by atoms with Crippen LogP contribution >= 0.6 is 0 Å². The summed E-state index contributed by atoms with van der Waals surface area (Å²) in [6.45, 7) is 2.19. The van der Waals surface area contributed by atoms with Crippen LogP contribution in [-0.4, -0.2) is 101 Å². The number of halogens is 3. The summed E-state index contributed by atoms with van der Waals surface area (Å²) in [5, 5.41) is 6.17. The van der Waals surface area contributed by atoms with Crippen LogP contribution in [0.25, 0.3) is 33.5 Å². The predicted octanol–water partition coefficient (Wildman–Crippen LogP) is 6.08. The van der Waals surface area contributed by atoms with Crippen LogP contribution in [0.5, 0.6) is 5.88 Å². The van der Waals surface area contributed by atoms with Gasteiger partial charge in [0.15, 0.2) is 5.82 Å². The molecule has 4 aromatic rings. The van der Waals surface area contributed by atoms with Gasteiger partial charge in [0.1, 0.15) is 40.9 Å². The Morgan fingerprint density at radius 2 is 1.72 bits per heavy atom. The van der Waals surface area contributed by atoms with Crippen LogP contribution < -0.4 is 20.1 Å². The summed E-state index contributed by atoms with van der Waals surface area (Å²) in [7, 11) is -4.08. The first-order chi connectivity index (χ1) is 31.0. The number of alkyl halides is 3. The number of ether oxygens (including phenoxy) is 3. The Balaban J connectivity index is 1.05. The molecule has 5 heterocycles. The number of amides is 4. The van der Waals surface area contributed by atoms with Crippen molar-refractivity contribution in [1.29, 1.82) is 0 Å². The van der Waals surface area contributed by atoms with E-state index in [2.05, 4.69) is 25.3 Å². The van der Waals surface area contributed by atoms with Gasteiger partial charge in [-0.15, -0.1) is 0 Å². The number of alkyl carbamates (subject to hydrolysis) is 1. The van der Waals surface area contributed by atoms with Crippen molar-refractivity contribution >= 4 is 55.9 Å². The van der Waals surface area contributed by atoms with Crippen LogP contribution in [-0.2, 0) is 40.1 Å². The Labute approximate surface area is 372 Å². The Morgan fingerprint density at radius 1 is 0.969 bits per heavy atom. The molecule has 346 valence electrons. The highest BCUT2D eigenvalue weighted by molar-refractivity contribution is 7.91. The van der Waals surface area contributed by atoms with Gasteiger partial charge in [0, 0.05) is 36.1 Å². The zero-order valence-corrected chi connectivity index (χ0v) is 36.3. The van der Waals surface area contributed by atoms with E-state index in [-0.39, 0.29) is 48.7 Å². The van der Waals surface area contributed by atoms with Crippen molar-refractivity contribution in [2.45, 2.75) is 118 Å². The normalized spacial score (nSPS) is 26.8. The summed E-state index contributed by atoms with van der Waals surface area (Å²) >= 11 is 0. The lowest BCUT2D eigenvalue weighted by molar-refractivity contribution is -0.141. The van der Waals surface area contributed by atoms with Gasteiger partial charge in [-0.3, -0.25) is 19.1 Å². The maximum Gasteiger partial charge on any atom is 0.416 e. The van der Waals surface area contributed by atoms with Crippen molar-refractivity contribution in [3.8, 4) is 17.3 Å². The smallest absolute Gasteiger partial charge is 0.416 e. The van der Waals surface area contributed by atoms with Crippen molar-refractivity contribution in [3.05, 3.63) is 66.2 Å². The average Bonchev–Trinajstić information content (AvgIpc) is 4.10. The van der Waals surface area contributed by atoms with Crippen LogP contribution in [0, 0.1) is 5.92 Å². The third kappa shape index (κ3) is 9.10. The van der Waals surface area contributed by atoms with E-state index in [1.807, 2.05) is 12.2 Å². The first-order valence-corrected chi connectivity index (χ1v) is 23.5. The van der Waals surface area contributed by atoms with Gasteiger partial charge >= 0.3 is 12.3 Å². The zero-order chi connectivity index (χ0) is 45.7. The van der Waals surface area contributed by atoms with Crippen molar-refractivity contribution in [2.24, 2.45) is 5.92 Å². The first kappa shape index (κ1) is 44.4. The number of benzene rings is 2. The number of furan rings is 1. The Morgan fingerprint density at radius 3 is 2.46 bits per heavy atom. The summed E-state index contributed by atoms with van der Waals surface area (Å²) in [6.07, 6.45) is 1.49. The molecule has 2 saturated heterocycles. The van der Waals surface area contributed by atoms with Crippen molar-refractivity contribution in [3.63, 3.8) is 0 Å².